The number of nitrogens with two attached hydrogens (primary N) is 1. The lowest BCUT2D eigenvalue weighted by atomic mass is 10.1. The summed E-state index contributed by atoms with van der Waals surface area (Å²) in [6.45, 7) is 4.04. The molecule has 2 aromatic rings. The van der Waals surface area contributed by atoms with Crippen LogP contribution in [0.4, 0.5) is 17.1 Å². The van der Waals surface area contributed by atoms with Crippen molar-refractivity contribution in [3.05, 3.63) is 52.5 Å². The summed E-state index contributed by atoms with van der Waals surface area (Å²) in [7, 11) is 0. The van der Waals surface area contributed by atoms with Gasteiger partial charge in [-0.2, -0.15) is 0 Å². The van der Waals surface area contributed by atoms with E-state index in [4.69, 9.17) is 17.3 Å². The summed E-state index contributed by atoms with van der Waals surface area (Å²) >= 11 is 6.17. The minimum atomic E-state index is 0.700. The molecule has 88 valence electrons. The molecule has 2 rings (SSSR count). The quantitative estimate of drug-likeness (QED) is 0.776. The molecule has 0 bridgehead atoms. The maximum absolute atomic E-state index is 6.17. The molecule has 0 aliphatic heterocycles. The van der Waals surface area contributed by atoms with Crippen molar-refractivity contribution in [2.75, 3.05) is 11.1 Å². The molecule has 0 amide bonds. The topological polar surface area (TPSA) is 38.0 Å². The Morgan fingerprint density at radius 2 is 1.59 bits per heavy atom. The van der Waals surface area contributed by atoms with Crippen molar-refractivity contribution in [2.24, 2.45) is 0 Å². The van der Waals surface area contributed by atoms with Crippen LogP contribution in [0.3, 0.4) is 0 Å². The van der Waals surface area contributed by atoms with Gasteiger partial charge in [0.15, 0.2) is 0 Å². The van der Waals surface area contributed by atoms with Crippen molar-refractivity contribution in [1.82, 2.24) is 0 Å². The second-order valence-electron chi connectivity index (χ2n) is 4.20. The third-order valence-corrected chi connectivity index (χ3v) is 2.92. The van der Waals surface area contributed by atoms with E-state index in [1.54, 1.807) is 0 Å². The van der Waals surface area contributed by atoms with E-state index in [2.05, 4.69) is 5.32 Å². The minimum absolute atomic E-state index is 0.700. The van der Waals surface area contributed by atoms with E-state index in [1.165, 1.54) is 0 Å². The van der Waals surface area contributed by atoms with E-state index in [1.807, 2.05) is 50.2 Å². The molecule has 0 spiro atoms. The summed E-state index contributed by atoms with van der Waals surface area (Å²) in [5.74, 6) is 0. The maximum atomic E-state index is 6.17. The van der Waals surface area contributed by atoms with Gasteiger partial charge in [-0.25, -0.2) is 0 Å². The van der Waals surface area contributed by atoms with Gasteiger partial charge >= 0.3 is 0 Å². The highest BCUT2D eigenvalue weighted by Crippen LogP contribution is 2.29. The van der Waals surface area contributed by atoms with Crippen molar-refractivity contribution in [3.8, 4) is 0 Å². The van der Waals surface area contributed by atoms with Gasteiger partial charge in [0, 0.05) is 0 Å². The second-order valence-corrected chi connectivity index (χ2v) is 4.61. The van der Waals surface area contributed by atoms with Gasteiger partial charge in [-0.1, -0.05) is 23.7 Å². The lowest BCUT2D eigenvalue weighted by molar-refractivity contribution is 1.43. The van der Waals surface area contributed by atoms with Gasteiger partial charge in [0.2, 0.25) is 0 Å². The predicted octanol–water partition coefficient (Wildman–Crippen LogP) is 4.28. The summed E-state index contributed by atoms with van der Waals surface area (Å²) in [5.41, 5.74) is 10.7. The van der Waals surface area contributed by atoms with E-state index in [0.29, 0.717) is 10.7 Å². The zero-order valence-electron chi connectivity index (χ0n) is 9.92. The summed E-state index contributed by atoms with van der Waals surface area (Å²) in [5, 5.41) is 3.95. The number of rotatable bonds is 2. The van der Waals surface area contributed by atoms with Crippen LogP contribution in [0.25, 0.3) is 0 Å². The zero-order chi connectivity index (χ0) is 12.4. The molecule has 0 aromatic heterocycles. The Balaban J connectivity index is 2.34. The van der Waals surface area contributed by atoms with Crippen molar-refractivity contribution in [2.45, 2.75) is 13.8 Å². The first-order valence-corrected chi connectivity index (χ1v) is 5.83. The number of nitrogen functional groups attached to an aromatic ring is 1. The monoisotopic (exact) mass is 246 g/mol. The number of nitrogens with one attached hydrogen (secondary N) is 1. The number of halogens is 1. The fourth-order valence-electron chi connectivity index (χ4n) is 1.64. The van der Waals surface area contributed by atoms with Gasteiger partial charge in [0.1, 0.15) is 0 Å². The predicted molar refractivity (Wildman–Crippen MR) is 75.1 cm³/mol. The molecule has 0 aliphatic carbocycles. The highest BCUT2D eigenvalue weighted by molar-refractivity contribution is 6.33. The Kier molecular flexibility index (Phi) is 3.25. The van der Waals surface area contributed by atoms with Crippen molar-refractivity contribution in [3.63, 3.8) is 0 Å². The molecule has 0 saturated heterocycles. The Bertz CT molecular complexity index is 550. The van der Waals surface area contributed by atoms with Crippen molar-refractivity contribution in [1.29, 1.82) is 0 Å². The molecular formula is C14H15ClN2. The van der Waals surface area contributed by atoms with E-state index in [0.717, 1.165) is 22.5 Å². The number of aryl methyl sites for hydroxylation is 2. The van der Waals surface area contributed by atoms with E-state index < -0.39 is 0 Å². The van der Waals surface area contributed by atoms with Gasteiger partial charge < -0.3 is 11.1 Å². The molecule has 0 atom stereocenters. The van der Waals surface area contributed by atoms with E-state index >= 15 is 0 Å². The number of hydrogen-bond acceptors (Lipinski definition) is 2. The molecule has 0 fully saturated rings. The van der Waals surface area contributed by atoms with Crippen molar-refractivity contribution >= 4 is 28.7 Å². The fourth-order valence-corrected chi connectivity index (χ4v) is 1.93. The Labute approximate surface area is 106 Å². The molecule has 3 N–H and O–H groups in total. The lowest BCUT2D eigenvalue weighted by Crippen LogP contribution is -1.97. The average Bonchev–Trinajstić information content (AvgIpc) is 2.27. The maximum Gasteiger partial charge on any atom is 0.0643 e. The zero-order valence-corrected chi connectivity index (χ0v) is 10.7. The molecule has 17 heavy (non-hydrogen) atoms. The molecule has 0 saturated carbocycles. The minimum Gasteiger partial charge on any atom is -0.397 e. The normalized spacial score (nSPS) is 10.3. The lowest BCUT2D eigenvalue weighted by Gasteiger charge is -2.12. The molecule has 0 heterocycles. The number of benzene rings is 2. The van der Waals surface area contributed by atoms with Crippen LogP contribution in [0.2, 0.25) is 5.02 Å². The van der Waals surface area contributed by atoms with Crippen LogP contribution in [0, 0.1) is 13.8 Å². The molecule has 2 nitrogen and oxygen atoms in total. The number of anilines is 3. The second kappa shape index (κ2) is 4.68. The summed E-state index contributed by atoms with van der Waals surface area (Å²) in [6.07, 6.45) is 0. The highest BCUT2D eigenvalue weighted by Gasteiger charge is 2.03. The Morgan fingerprint density at radius 3 is 2.29 bits per heavy atom. The smallest absolute Gasteiger partial charge is 0.0643 e. The van der Waals surface area contributed by atoms with Crippen LogP contribution in [0.5, 0.6) is 0 Å². The highest BCUT2D eigenvalue weighted by atomic mass is 35.5. The Morgan fingerprint density at radius 1 is 0.941 bits per heavy atom. The molecule has 0 aliphatic rings. The third kappa shape index (κ3) is 2.71. The fraction of sp³-hybridized carbons (Fsp3) is 0.143. The first kappa shape index (κ1) is 11.8. The van der Waals surface area contributed by atoms with Gasteiger partial charge in [0.05, 0.1) is 22.1 Å². The summed E-state index contributed by atoms with van der Waals surface area (Å²) in [4.78, 5) is 0. The van der Waals surface area contributed by atoms with Gasteiger partial charge in [-0.15, -0.1) is 0 Å². The van der Waals surface area contributed by atoms with E-state index in [-0.39, 0.29) is 0 Å². The van der Waals surface area contributed by atoms with E-state index in [9.17, 15) is 0 Å². The van der Waals surface area contributed by atoms with Crippen LogP contribution < -0.4 is 11.1 Å². The standard InChI is InChI=1S/C14H15ClN2/c1-9-4-6-13(11(15)7-9)17-14-8-10(2)3-5-12(14)16/h3-8,17H,16H2,1-2H3. The van der Waals surface area contributed by atoms with Crippen LogP contribution in [0.1, 0.15) is 11.1 Å². The first-order chi connectivity index (χ1) is 8.06. The molecule has 2 aromatic carbocycles. The molecule has 3 heteroatoms. The molecule has 0 radical (unpaired) electrons. The SMILES string of the molecule is Cc1ccc(Nc2cc(C)ccc2N)c(Cl)c1. The molecular weight excluding hydrogens is 232 g/mol. The van der Waals surface area contributed by atoms with Crippen molar-refractivity contribution < 1.29 is 0 Å². The molecule has 0 unspecified atom stereocenters. The van der Waals surface area contributed by atoms with Crippen LogP contribution in [-0.4, -0.2) is 0 Å². The Hall–Kier alpha value is -1.67. The van der Waals surface area contributed by atoms with Gasteiger partial charge in [-0.3, -0.25) is 0 Å². The summed E-state index contributed by atoms with van der Waals surface area (Å²) < 4.78 is 0. The largest absolute Gasteiger partial charge is 0.397 e. The van der Waals surface area contributed by atoms with Crippen LogP contribution >= 0.6 is 11.6 Å². The number of hydrogen-bond donors (Lipinski definition) is 2. The average molecular weight is 247 g/mol. The van der Waals surface area contributed by atoms with Gasteiger partial charge in [-0.05, 0) is 49.2 Å². The third-order valence-electron chi connectivity index (χ3n) is 2.60. The summed E-state index contributed by atoms with van der Waals surface area (Å²) in [6, 6.07) is 11.8. The first-order valence-electron chi connectivity index (χ1n) is 5.45. The van der Waals surface area contributed by atoms with Crippen LogP contribution in [0.15, 0.2) is 36.4 Å². The van der Waals surface area contributed by atoms with Gasteiger partial charge in [0.25, 0.3) is 0 Å². The van der Waals surface area contributed by atoms with Crippen LogP contribution in [-0.2, 0) is 0 Å².